The van der Waals surface area contributed by atoms with Crippen molar-refractivity contribution in [1.82, 2.24) is 10.2 Å². The predicted octanol–water partition coefficient (Wildman–Crippen LogP) is 2.64. The lowest BCUT2D eigenvalue weighted by Crippen LogP contribution is -2.51. The van der Waals surface area contributed by atoms with E-state index < -0.39 is 0 Å². The fourth-order valence-electron chi connectivity index (χ4n) is 4.27. The number of aliphatic hydroxyl groups is 1. The summed E-state index contributed by atoms with van der Waals surface area (Å²) in [5, 5.41) is 13.3. The molecule has 0 aromatic heterocycles. The minimum absolute atomic E-state index is 0.335. The van der Waals surface area contributed by atoms with Gasteiger partial charge in [-0.05, 0) is 56.5 Å². The van der Waals surface area contributed by atoms with Crippen molar-refractivity contribution in [3.8, 4) is 0 Å². The van der Waals surface area contributed by atoms with Crippen LogP contribution < -0.4 is 5.32 Å². The van der Waals surface area contributed by atoms with Crippen molar-refractivity contribution in [3.63, 3.8) is 0 Å². The predicted molar refractivity (Wildman–Crippen MR) is 84.9 cm³/mol. The molecule has 0 bridgehead atoms. The first-order valence-electron chi connectivity index (χ1n) is 8.64. The Morgan fingerprint density at radius 2 is 2.05 bits per heavy atom. The first kappa shape index (κ1) is 16.3. The monoisotopic (exact) mass is 282 g/mol. The van der Waals surface area contributed by atoms with E-state index >= 15 is 0 Å². The van der Waals surface area contributed by atoms with E-state index in [1.807, 2.05) is 0 Å². The summed E-state index contributed by atoms with van der Waals surface area (Å²) in [6.45, 7) is 10.8. The molecular weight excluding hydrogens is 248 g/mol. The highest BCUT2D eigenvalue weighted by Gasteiger charge is 2.36. The highest BCUT2D eigenvalue weighted by Crippen LogP contribution is 2.39. The number of aliphatic hydroxyl groups excluding tert-OH is 1. The zero-order valence-corrected chi connectivity index (χ0v) is 13.7. The number of nitrogens with one attached hydrogen (secondary N) is 1. The molecule has 3 heteroatoms. The van der Waals surface area contributed by atoms with Crippen LogP contribution in [-0.4, -0.2) is 48.3 Å². The quantitative estimate of drug-likeness (QED) is 0.814. The van der Waals surface area contributed by atoms with E-state index in [1.54, 1.807) is 0 Å². The van der Waals surface area contributed by atoms with E-state index in [-0.39, 0.29) is 0 Å². The summed E-state index contributed by atoms with van der Waals surface area (Å²) in [5.74, 6) is 0.742. The third kappa shape index (κ3) is 4.19. The molecule has 0 aromatic carbocycles. The van der Waals surface area contributed by atoms with Gasteiger partial charge in [0.1, 0.15) is 0 Å². The van der Waals surface area contributed by atoms with Gasteiger partial charge in [0.05, 0.1) is 6.61 Å². The van der Waals surface area contributed by atoms with Crippen LogP contribution in [0.5, 0.6) is 0 Å². The van der Waals surface area contributed by atoms with E-state index in [0.717, 1.165) is 12.5 Å². The molecule has 1 aliphatic carbocycles. The van der Waals surface area contributed by atoms with E-state index in [9.17, 15) is 5.11 Å². The summed E-state index contributed by atoms with van der Waals surface area (Å²) in [4.78, 5) is 2.57. The van der Waals surface area contributed by atoms with Crippen LogP contribution >= 0.6 is 0 Å². The summed E-state index contributed by atoms with van der Waals surface area (Å²) in [6.07, 6.45) is 7.73. The average molecular weight is 282 g/mol. The van der Waals surface area contributed by atoms with Crippen molar-refractivity contribution in [2.45, 2.75) is 71.4 Å². The molecule has 2 fully saturated rings. The van der Waals surface area contributed by atoms with E-state index in [0.29, 0.717) is 24.1 Å². The molecule has 3 atom stereocenters. The fourth-order valence-corrected chi connectivity index (χ4v) is 4.27. The van der Waals surface area contributed by atoms with Crippen LogP contribution in [0.25, 0.3) is 0 Å². The Morgan fingerprint density at radius 3 is 2.75 bits per heavy atom. The van der Waals surface area contributed by atoms with Gasteiger partial charge in [-0.2, -0.15) is 0 Å². The van der Waals surface area contributed by atoms with Gasteiger partial charge in [-0.25, -0.2) is 0 Å². The fraction of sp³-hybridized carbons (Fsp3) is 1.00. The highest BCUT2D eigenvalue weighted by molar-refractivity contribution is 4.91. The van der Waals surface area contributed by atoms with Crippen molar-refractivity contribution in [2.24, 2.45) is 11.3 Å². The number of hydrogen-bond acceptors (Lipinski definition) is 3. The van der Waals surface area contributed by atoms with Gasteiger partial charge in [0.15, 0.2) is 0 Å². The van der Waals surface area contributed by atoms with Gasteiger partial charge >= 0.3 is 0 Å². The van der Waals surface area contributed by atoms with Crippen LogP contribution in [0.4, 0.5) is 0 Å². The molecule has 2 N–H and O–H groups in total. The van der Waals surface area contributed by atoms with Gasteiger partial charge in [0.25, 0.3) is 0 Å². The molecule has 3 unspecified atom stereocenters. The Balaban J connectivity index is 1.98. The summed E-state index contributed by atoms with van der Waals surface area (Å²) in [5.41, 5.74) is 0.487. The Hall–Kier alpha value is -0.120. The molecular formula is C17H34N2O. The molecule has 2 rings (SSSR count). The highest BCUT2D eigenvalue weighted by atomic mass is 16.3. The SMILES string of the molecule is CCNC1CCC(C)(C)CC1CN1CCCCC1CO. The number of likely N-dealkylation sites (tertiary alicyclic amines) is 1. The smallest absolute Gasteiger partial charge is 0.0586 e. The van der Waals surface area contributed by atoms with E-state index in [2.05, 4.69) is 31.0 Å². The minimum Gasteiger partial charge on any atom is -0.395 e. The Morgan fingerprint density at radius 1 is 1.25 bits per heavy atom. The molecule has 1 aliphatic heterocycles. The molecule has 1 heterocycles. The van der Waals surface area contributed by atoms with Gasteiger partial charge in [0.2, 0.25) is 0 Å². The lowest BCUT2D eigenvalue weighted by molar-refractivity contribution is 0.0429. The summed E-state index contributed by atoms with van der Waals surface area (Å²) in [6, 6.07) is 1.09. The van der Waals surface area contributed by atoms with Crippen molar-refractivity contribution in [3.05, 3.63) is 0 Å². The molecule has 0 spiro atoms. The van der Waals surface area contributed by atoms with Crippen LogP contribution in [0.3, 0.4) is 0 Å². The molecule has 118 valence electrons. The average Bonchev–Trinajstić information content (AvgIpc) is 2.42. The number of rotatable bonds is 5. The Labute approximate surface area is 125 Å². The van der Waals surface area contributed by atoms with E-state index in [1.165, 1.54) is 51.6 Å². The topological polar surface area (TPSA) is 35.5 Å². The number of piperidine rings is 1. The maximum absolute atomic E-state index is 9.61. The van der Waals surface area contributed by atoms with Gasteiger partial charge in [-0.1, -0.05) is 27.2 Å². The van der Waals surface area contributed by atoms with Gasteiger partial charge in [-0.15, -0.1) is 0 Å². The van der Waals surface area contributed by atoms with Gasteiger partial charge in [-0.3, -0.25) is 4.90 Å². The van der Waals surface area contributed by atoms with Crippen LogP contribution in [0.1, 0.15) is 59.3 Å². The van der Waals surface area contributed by atoms with Crippen LogP contribution in [-0.2, 0) is 0 Å². The summed E-state index contributed by atoms with van der Waals surface area (Å²) >= 11 is 0. The third-order valence-corrected chi connectivity index (χ3v) is 5.41. The zero-order valence-electron chi connectivity index (χ0n) is 13.7. The second-order valence-electron chi connectivity index (χ2n) is 7.66. The van der Waals surface area contributed by atoms with E-state index in [4.69, 9.17) is 0 Å². The van der Waals surface area contributed by atoms with Crippen LogP contribution in [0.2, 0.25) is 0 Å². The largest absolute Gasteiger partial charge is 0.395 e. The molecule has 0 amide bonds. The summed E-state index contributed by atoms with van der Waals surface area (Å²) < 4.78 is 0. The maximum atomic E-state index is 9.61. The lowest BCUT2D eigenvalue weighted by atomic mass is 9.69. The molecule has 2 aliphatic rings. The first-order valence-corrected chi connectivity index (χ1v) is 8.64. The molecule has 0 radical (unpaired) electrons. The normalized spacial score (nSPS) is 35.1. The molecule has 1 saturated carbocycles. The summed E-state index contributed by atoms with van der Waals surface area (Å²) in [7, 11) is 0. The number of hydrogen-bond donors (Lipinski definition) is 2. The minimum atomic E-state index is 0.335. The third-order valence-electron chi connectivity index (χ3n) is 5.41. The molecule has 1 saturated heterocycles. The lowest BCUT2D eigenvalue weighted by Gasteiger charge is -2.45. The second kappa shape index (κ2) is 7.24. The van der Waals surface area contributed by atoms with Gasteiger partial charge in [0, 0.05) is 18.6 Å². The second-order valence-corrected chi connectivity index (χ2v) is 7.66. The standard InChI is InChI=1S/C17H34N2O/c1-4-18-16-8-9-17(2,3)11-14(16)12-19-10-6-5-7-15(19)13-20/h14-16,18,20H,4-13H2,1-3H3. The van der Waals surface area contributed by atoms with Crippen molar-refractivity contribution < 1.29 is 5.11 Å². The van der Waals surface area contributed by atoms with Crippen molar-refractivity contribution in [1.29, 1.82) is 0 Å². The molecule has 3 nitrogen and oxygen atoms in total. The maximum Gasteiger partial charge on any atom is 0.0586 e. The zero-order chi connectivity index (χ0) is 14.6. The first-order chi connectivity index (χ1) is 9.55. The van der Waals surface area contributed by atoms with Crippen molar-refractivity contribution in [2.75, 3.05) is 26.2 Å². The van der Waals surface area contributed by atoms with Crippen LogP contribution in [0, 0.1) is 11.3 Å². The number of nitrogens with zero attached hydrogens (tertiary/aromatic N) is 1. The molecule has 0 aromatic rings. The van der Waals surface area contributed by atoms with Crippen molar-refractivity contribution >= 4 is 0 Å². The molecule has 20 heavy (non-hydrogen) atoms. The Kier molecular flexibility index (Phi) is 5.88. The van der Waals surface area contributed by atoms with Crippen LogP contribution in [0.15, 0.2) is 0 Å². The van der Waals surface area contributed by atoms with Gasteiger partial charge < -0.3 is 10.4 Å². The Bertz CT molecular complexity index is 293.